The maximum absolute atomic E-state index is 12.7. The first kappa shape index (κ1) is 23.9. The zero-order valence-electron chi connectivity index (χ0n) is 18.8. The minimum Gasteiger partial charge on any atom is -0.465 e. The Kier molecular flexibility index (Phi) is 6.41. The normalized spacial score (nSPS) is 14.8. The van der Waals surface area contributed by atoms with Crippen LogP contribution in [0.15, 0.2) is 12.1 Å². The summed E-state index contributed by atoms with van der Waals surface area (Å²) in [5.74, 6) is -0.135. The molecule has 0 spiro atoms. The van der Waals surface area contributed by atoms with Crippen molar-refractivity contribution < 1.29 is 19.1 Å². The fourth-order valence-corrected chi connectivity index (χ4v) is 4.95. The first-order valence-electron chi connectivity index (χ1n) is 10.2. The molecule has 0 aliphatic carbocycles. The molecule has 31 heavy (non-hydrogen) atoms. The van der Waals surface area contributed by atoms with E-state index in [9.17, 15) is 14.7 Å². The van der Waals surface area contributed by atoms with Crippen molar-refractivity contribution in [1.82, 2.24) is 9.47 Å². The third-order valence-electron chi connectivity index (χ3n) is 6.38. The number of fused-ring (bicyclic) bond motifs is 3. The molecule has 1 aliphatic heterocycles. The minimum absolute atomic E-state index is 0.0195. The Morgan fingerprint density at radius 2 is 1.90 bits per heavy atom. The Labute approximate surface area is 193 Å². The maximum atomic E-state index is 12.7. The number of hydrogen-bond donors (Lipinski definition) is 1. The van der Waals surface area contributed by atoms with Gasteiger partial charge in [0.25, 0.3) is 5.91 Å². The third-order valence-corrected chi connectivity index (χ3v) is 11.7. The van der Waals surface area contributed by atoms with E-state index in [-0.39, 0.29) is 29.1 Å². The van der Waals surface area contributed by atoms with Crippen LogP contribution >= 0.6 is 23.2 Å². The molecule has 1 N–H and O–H groups in total. The molecule has 0 fully saturated rings. The number of anilines is 1. The van der Waals surface area contributed by atoms with E-state index < -0.39 is 14.4 Å². The Morgan fingerprint density at radius 3 is 2.48 bits per heavy atom. The van der Waals surface area contributed by atoms with E-state index in [4.69, 9.17) is 27.6 Å². The van der Waals surface area contributed by atoms with E-state index >= 15 is 0 Å². The molecular formula is C21H29Cl2N3O4Si. The second kappa shape index (κ2) is 8.31. The molecule has 3 rings (SSSR count). The zero-order valence-corrected chi connectivity index (χ0v) is 21.3. The number of nitrogens with zero attached hydrogens (tertiary/aromatic N) is 3. The molecule has 0 atom stereocenters. The Bertz CT molecular complexity index is 1050. The van der Waals surface area contributed by atoms with Crippen LogP contribution in [0.25, 0.3) is 10.9 Å². The summed E-state index contributed by atoms with van der Waals surface area (Å²) in [4.78, 5) is 27.7. The third kappa shape index (κ3) is 4.31. The van der Waals surface area contributed by atoms with Gasteiger partial charge >= 0.3 is 6.09 Å². The van der Waals surface area contributed by atoms with Crippen LogP contribution in [0.5, 0.6) is 0 Å². The van der Waals surface area contributed by atoms with Crippen molar-refractivity contribution in [2.75, 3.05) is 31.6 Å². The molecule has 2 heterocycles. The van der Waals surface area contributed by atoms with E-state index in [0.29, 0.717) is 40.4 Å². The van der Waals surface area contributed by atoms with Crippen LogP contribution in [0.1, 0.15) is 31.3 Å². The average molecular weight is 486 g/mol. The van der Waals surface area contributed by atoms with Crippen LogP contribution in [0, 0.1) is 0 Å². The smallest absolute Gasteiger partial charge is 0.411 e. The number of rotatable bonds is 5. The highest BCUT2D eigenvalue weighted by atomic mass is 35.5. The van der Waals surface area contributed by atoms with E-state index in [1.807, 2.05) is 4.57 Å². The Hall–Kier alpha value is -1.74. The van der Waals surface area contributed by atoms with Gasteiger partial charge in [-0.25, -0.2) is 4.79 Å². The highest BCUT2D eigenvalue weighted by molar-refractivity contribution is 6.74. The highest BCUT2D eigenvalue weighted by Crippen LogP contribution is 2.41. The molecular weight excluding hydrogens is 457 g/mol. The van der Waals surface area contributed by atoms with Crippen molar-refractivity contribution in [2.24, 2.45) is 0 Å². The summed E-state index contributed by atoms with van der Waals surface area (Å²) in [5.41, 5.74) is 1.45. The number of hydrogen-bond acceptors (Lipinski definition) is 3. The number of carboxylic acid groups (broad SMARTS) is 1. The molecule has 1 aliphatic rings. The number of carbonyl (C=O) groups is 2. The molecule has 0 radical (unpaired) electrons. The number of amides is 2. The second-order valence-electron chi connectivity index (χ2n) is 9.40. The van der Waals surface area contributed by atoms with Crippen LogP contribution in [-0.4, -0.2) is 61.6 Å². The van der Waals surface area contributed by atoms with Gasteiger partial charge in [-0.2, -0.15) is 0 Å². The van der Waals surface area contributed by atoms with Gasteiger partial charge < -0.3 is 19.0 Å². The number of likely N-dealkylation sites (N-methyl/N-ethyl adjacent to an activating group) is 1. The van der Waals surface area contributed by atoms with Crippen molar-refractivity contribution in [3.63, 3.8) is 0 Å². The number of benzene rings is 1. The van der Waals surface area contributed by atoms with Crippen LogP contribution in [0.4, 0.5) is 10.5 Å². The van der Waals surface area contributed by atoms with Crippen LogP contribution in [-0.2, 0) is 11.0 Å². The van der Waals surface area contributed by atoms with Gasteiger partial charge in [-0.15, -0.1) is 0 Å². The lowest BCUT2D eigenvalue weighted by Crippen LogP contribution is -2.43. The van der Waals surface area contributed by atoms with Gasteiger partial charge in [0.2, 0.25) is 0 Å². The molecule has 1 aromatic heterocycles. The highest BCUT2D eigenvalue weighted by Gasteiger charge is 2.37. The predicted octanol–water partition coefficient (Wildman–Crippen LogP) is 5.54. The predicted molar refractivity (Wildman–Crippen MR) is 127 cm³/mol. The SMILES string of the molecule is CN1CCn2c(cc3c(N(CCO[Si](C)(C)C(C)(C)C)C(=O)O)cc(Cl)c(Cl)c32)C1=O. The molecule has 2 amide bonds. The van der Waals surface area contributed by atoms with Gasteiger partial charge in [0.05, 0.1) is 34.4 Å². The molecule has 0 saturated heterocycles. The fraction of sp³-hybridized carbons (Fsp3) is 0.524. The summed E-state index contributed by atoms with van der Waals surface area (Å²) in [5, 5.41) is 11.1. The standard InChI is InChI=1S/C21H29Cl2N3O4Si/c1-21(2,3)31(5,6)30-10-9-26(20(28)29)15-12-14(22)17(23)18-13(15)11-16-19(27)24(4)7-8-25(16)18/h11-12H,7-10H2,1-6H3,(H,28,29). The van der Waals surface area contributed by atoms with Gasteiger partial charge in [-0.1, -0.05) is 44.0 Å². The molecule has 2 aromatic rings. The first-order valence-corrected chi connectivity index (χ1v) is 13.8. The lowest BCUT2D eigenvalue weighted by Gasteiger charge is -2.36. The Morgan fingerprint density at radius 1 is 1.26 bits per heavy atom. The van der Waals surface area contributed by atoms with Gasteiger partial charge in [-0.05, 0) is 30.3 Å². The first-order chi connectivity index (χ1) is 14.3. The summed E-state index contributed by atoms with van der Waals surface area (Å²) in [6.07, 6.45) is -1.12. The van der Waals surface area contributed by atoms with Gasteiger partial charge in [-0.3, -0.25) is 9.69 Å². The van der Waals surface area contributed by atoms with E-state index in [1.165, 1.54) is 4.90 Å². The largest absolute Gasteiger partial charge is 0.465 e. The monoisotopic (exact) mass is 485 g/mol. The van der Waals surface area contributed by atoms with Gasteiger partial charge in [0.1, 0.15) is 5.69 Å². The topological polar surface area (TPSA) is 75.0 Å². The lowest BCUT2D eigenvalue weighted by atomic mass is 10.2. The molecule has 0 unspecified atom stereocenters. The van der Waals surface area contributed by atoms with Crippen molar-refractivity contribution in [3.8, 4) is 0 Å². The van der Waals surface area contributed by atoms with E-state index in [1.54, 1.807) is 24.1 Å². The molecule has 1 aromatic carbocycles. The number of halogens is 2. The fourth-order valence-electron chi connectivity index (χ4n) is 3.46. The summed E-state index contributed by atoms with van der Waals surface area (Å²) in [6, 6.07) is 3.25. The number of carbonyl (C=O) groups excluding carboxylic acids is 1. The quantitative estimate of drug-likeness (QED) is 0.563. The van der Waals surface area contributed by atoms with Crippen LogP contribution in [0.3, 0.4) is 0 Å². The van der Waals surface area contributed by atoms with Crippen molar-refractivity contribution >= 4 is 60.1 Å². The second-order valence-corrected chi connectivity index (χ2v) is 15.0. The zero-order chi connectivity index (χ0) is 23.3. The van der Waals surface area contributed by atoms with Crippen LogP contribution in [0.2, 0.25) is 28.2 Å². The van der Waals surface area contributed by atoms with E-state index in [0.717, 1.165) is 0 Å². The number of aromatic nitrogens is 1. The van der Waals surface area contributed by atoms with Crippen molar-refractivity contribution in [3.05, 3.63) is 27.9 Å². The molecule has 7 nitrogen and oxygen atoms in total. The van der Waals surface area contributed by atoms with Gasteiger partial charge in [0.15, 0.2) is 8.32 Å². The summed E-state index contributed by atoms with van der Waals surface area (Å²) < 4.78 is 8.00. The summed E-state index contributed by atoms with van der Waals surface area (Å²) in [7, 11) is -0.290. The molecule has 0 saturated carbocycles. The van der Waals surface area contributed by atoms with E-state index in [2.05, 4.69) is 33.9 Å². The molecule has 170 valence electrons. The Balaban J connectivity index is 2.03. The minimum atomic E-state index is -2.03. The van der Waals surface area contributed by atoms with Gasteiger partial charge in [0, 0.05) is 25.5 Å². The van der Waals surface area contributed by atoms with Crippen molar-refractivity contribution in [1.29, 1.82) is 0 Å². The maximum Gasteiger partial charge on any atom is 0.411 e. The average Bonchev–Trinajstić information content (AvgIpc) is 3.04. The van der Waals surface area contributed by atoms with Crippen LogP contribution < -0.4 is 4.90 Å². The molecule has 0 bridgehead atoms. The van der Waals surface area contributed by atoms with Crippen molar-refractivity contribution in [2.45, 2.75) is 45.4 Å². The summed E-state index contributed by atoms with van der Waals surface area (Å²) in [6.45, 7) is 12.2. The lowest BCUT2D eigenvalue weighted by molar-refractivity contribution is 0.0751. The molecule has 10 heteroatoms. The summed E-state index contributed by atoms with van der Waals surface area (Å²) >= 11 is 12.9.